The fourth-order valence-electron chi connectivity index (χ4n) is 3.18. The van der Waals surface area contributed by atoms with Crippen LogP contribution in [-0.4, -0.2) is 16.1 Å². The molecule has 1 aromatic heterocycles. The Morgan fingerprint density at radius 2 is 1.95 bits per heavy atom. The van der Waals surface area contributed by atoms with Crippen LogP contribution < -0.4 is 0 Å². The topological polar surface area (TPSA) is 53.1 Å². The van der Waals surface area contributed by atoms with Crippen molar-refractivity contribution in [2.75, 3.05) is 0 Å². The Kier molecular flexibility index (Phi) is 3.51. The summed E-state index contributed by atoms with van der Waals surface area (Å²) in [4.78, 5) is 14.3. The van der Waals surface area contributed by atoms with E-state index in [0.29, 0.717) is 6.42 Å². The first-order valence-corrected chi connectivity index (χ1v) is 7.49. The molecule has 0 fully saturated rings. The molecule has 0 radical (unpaired) electrons. The smallest absolute Gasteiger partial charge is 0.306 e. The van der Waals surface area contributed by atoms with Crippen molar-refractivity contribution < 1.29 is 9.90 Å². The quantitative estimate of drug-likeness (QED) is 0.836. The van der Waals surface area contributed by atoms with Gasteiger partial charge in [0, 0.05) is 17.1 Å². The van der Waals surface area contributed by atoms with Crippen LogP contribution in [0.2, 0.25) is 0 Å². The Morgan fingerprint density at radius 3 is 2.65 bits per heavy atom. The zero-order chi connectivity index (χ0) is 14.1. The van der Waals surface area contributed by atoms with Crippen molar-refractivity contribution in [2.24, 2.45) is 5.92 Å². The molecule has 106 valence electrons. The van der Waals surface area contributed by atoms with Crippen LogP contribution in [-0.2, 0) is 24.1 Å². The average Bonchev–Trinajstić information content (AvgIpc) is 2.66. The molecule has 0 amide bonds. The Bertz CT molecular complexity index is 642. The van der Waals surface area contributed by atoms with Crippen molar-refractivity contribution in [3.63, 3.8) is 0 Å². The summed E-state index contributed by atoms with van der Waals surface area (Å²) in [6, 6.07) is 4.56. The number of H-pyrrole nitrogens is 1. The third kappa shape index (κ3) is 2.45. The number of rotatable bonds is 3. The van der Waals surface area contributed by atoms with Gasteiger partial charge in [0.25, 0.3) is 0 Å². The molecular weight excluding hydrogens is 250 g/mol. The van der Waals surface area contributed by atoms with E-state index in [2.05, 4.69) is 17.1 Å². The lowest BCUT2D eigenvalue weighted by Gasteiger charge is -2.08. The van der Waals surface area contributed by atoms with Crippen molar-refractivity contribution in [1.29, 1.82) is 0 Å². The molecule has 1 unspecified atom stereocenters. The van der Waals surface area contributed by atoms with Gasteiger partial charge in [0.1, 0.15) is 0 Å². The molecule has 20 heavy (non-hydrogen) atoms. The predicted molar refractivity (Wildman–Crippen MR) is 80.1 cm³/mol. The zero-order valence-electron chi connectivity index (χ0n) is 11.9. The van der Waals surface area contributed by atoms with Crippen molar-refractivity contribution >= 4 is 16.9 Å². The van der Waals surface area contributed by atoms with E-state index in [1.54, 1.807) is 6.92 Å². The van der Waals surface area contributed by atoms with Gasteiger partial charge >= 0.3 is 5.97 Å². The number of benzene rings is 1. The second-order valence-electron chi connectivity index (χ2n) is 5.98. The predicted octanol–water partition coefficient (Wildman–Crippen LogP) is 3.70. The molecule has 3 heteroatoms. The van der Waals surface area contributed by atoms with Crippen LogP contribution in [0.15, 0.2) is 18.3 Å². The Labute approximate surface area is 119 Å². The van der Waals surface area contributed by atoms with Crippen LogP contribution in [0.3, 0.4) is 0 Å². The highest BCUT2D eigenvalue weighted by Crippen LogP contribution is 2.28. The molecular formula is C17H21NO2. The molecule has 1 atom stereocenters. The molecule has 0 spiro atoms. The second-order valence-corrected chi connectivity index (χ2v) is 5.98. The maximum atomic E-state index is 11.0. The third-order valence-electron chi connectivity index (χ3n) is 4.43. The first kappa shape index (κ1) is 13.2. The number of hydrogen-bond acceptors (Lipinski definition) is 1. The Hall–Kier alpha value is -1.77. The van der Waals surface area contributed by atoms with Gasteiger partial charge in [0.05, 0.1) is 5.92 Å². The van der Waals surface area contributed by atoms with Gasteiger partial charge in [-0.15, -0.1) is 0 Å². The first-order chi connectivity index (χ1) is 9.65. The summed E-state index contributed by atoms with van der Waals surface area (Å²) in [7, 11) is 0. The van der Waals surface area contributed by atoms with E-state index in [0.717, 1.165) is 17.5 Å². The summed E-state index contributed by atoms with van der Waals surface area (Å²) >= 11 is 0. The molecule has 0 bridgehead atoms. The number of fused-ring (bicyclic) bond motifs is 2. The van der Waals surface area contributed by atoms with Gasteiger partial charge in [-0.05, 0) is 60.9 Å². The number of aliphatic carboxylic acids is 1. The number of carboxylic acid groups (broad SMARTS) is 1. The summed E-state index contributed by atoms with van der Waals surface area (Å²) < 4.78 is 0. The Morgan fingerprint density at radius 1 is 1.25 bits per heavy atom. The van der Waals surface area contributed by atoms with Gasteiger partial charge in [0.2, 0.25) is 0 Å². The van der Waals surface area contributed by atoms with Crippen molar-refractivity contribution in [3.8, 4) is 0 Å². The number of hydrogen-bond donors (Lipinski definition) is 2. The number of aromatic amines is 1. The molecule has 0 saturated heterocycles. The first-order valence-electron chi connectivity index (χ1n) is 7.49. The minimum atomic E-state index is -0.728. The average molecular weight is 271 g/mol. The highest BCUT2D eigenvalue weighted by atomic mass is 16.4. The molecule has 1 heterocycles. The number of carboxylic acids is 1. The normalized spacial score (nSPS) is 16.6. The van der Waals surface area contributed by atoms with Crippen LogP contribution >= 0.6 is 0 Å². The van der Waals surface area contributed by atoms with Crippen LogP contribution in [0.5, 0.6) is 0 Å². The maximum absolute atomic E-state index is 11.0. The minimum Gasteiger partial charge on any atom is -0.481 e. The molecule has 2 N–H and O–H groups in total. The summed E-state index contributed by atoms with van der Waals surface area (Å²) in [5.41, 5.74) is 5.20. The number of nitrogens with one attached hydrogen (secondary N) is 1. The van der Waals surface area contributed by atoms with E-state index in [1.165, 1.54) is 42.2 Å². The van der Waals surface area contributed by atoms with E-state index in [1.807, 2.05) is 6.20 Å². The van der Waals surface area contributed by atoms with Crippen molar-refractivity contribution in [1.82, 2.24) is 4.98 Å². The number of aromatic nitrogens is 1. The number of carbonyl (C=O) groups is 1. The highest BCUT2D eigenvalue weighted by molar-refractivity contribution is 5.85. The molecule has 1 aliphatic rings. The molecule has 3 nitrogen and oxygen atoms in total. The lowest BCUT2D eigenvalue weighted by atomic mass is 9.96. The van der Waals surface area contributed by atoms with Crippen LogP contribution in [0.1, 0.15) is 42.9 Å². The van der Waals surface area contributed by atoms with E-state index >= 15 is 0 Å². The summed E-state index contributed by atoms with van der Waals surface area (Å²) in [6.45, 7) is 1.77. The van der Waals surface area contributed by atoms with Gasteiger partial charge in [-0.2, -0.15) is 0 Å². The summed E-state index contributed by atoms with van der Waals surface area (Å²) in [5, 5.41) is 10.3. The van der Waals surface area contributed by atoms with Crippen LogP contribution in [0.4, 0.5) is 0 Å². The van der Waals surface area contributed by atoms with Gasteiger partial charge in [0.15, 0.2) is 0 Å². The van der Waals surface area contributed by atoms with Gasteiger partial charge in [-0.3, -0.25) is 4.79 Å². The summed E-state index contributed by atoms with van der Waals surface area (Å²) in [6.07, 6.45) is 8.75. The van der Waals surface area contributed by atoms with Gasteiger partial charge in [-0.1, -0.05) is 13.3 Å². The van der Waals surface area contributed by atoms with Crippen LogP contribution in [0.25, 0.3) is 10.9 Å². The molecule has 2 aromatic rings. The largest absolute Gasteiger partial charge is 0.481 e. The van der Waals surface area contributed by atoms with Crippen LogP contribution in [0, 0.1) is 5.92 Å². The fraction of sp³-hybridized carbons (Fsp3) is 0.471. The molecule has 1 aromatic carbocycles. The fourth-order valence-corrected chi connectivity index (χ4v) is 3.18. The minimum absolute atomic E-state index is 0.340. The molecule has 3 rings (SSSR count). The van der Waals surface area contributed by atoms with E-state index < -0.39 is 5.97 Å². The standard InChI is InChI=1S/C17H21NO2/c1-11(17(19)20)7-14-10-18-16-9-13-6-4-2-3-5-12(13)8-15(14)16/h8-11,18H,2-7H2,1H3,(H,19,20). The van der Waals surface area contributed by atoms with Gasteiger partial charge in [-0.25, -0.2) is 0 Å². The molecule has 0 saturated carbocycles. The molecule has 1 aliphatic carbocycles. The number of aryl methyl sites for hydroxylation is 2. The summed E-state index contributed by atoms with van der Waals surface area (Å²) in [5.74, 6) is -1.07. The van der Waals surface area contributed by atoms with E-state index in [-0.39, 0.29) is 5.92 Å². The second kappa shape index (κ2) is 5.31. The lowest BCUT2D eigenvalue weighted by molar-refractivity contribution is -0.141. The van der Waals surface area contributed by atoms with E-state index in [4.69, 9.17) is 5.11 Å². The lowest BCUT2D eigenvalue weighted by Crippen LogP contribution is -2.11. The molecule has 0 aliphatic heterocycles. The maximum Gasteiger partial charge on any atom is 0.306 e. The SMILES string of the molecule is CC(Cc1c[nH]c2cc3c(cc12)CCCCC3)C(=O)O. The Balaban J connectivity index is 1.99. The third-order valence-corrected chi connectivity index (χ3v) is 4.43. The highest BCUT2D eigenvalue weighted by Gasteiger charge is 2.16. The van der Waals surface area contributed by atoms with E-state index in [9.17, 15) is 4.79 Å². The van der Waals surface area contributed by atoms with Gasteiger partial charge < -0.3 is 10.1 Å². The van der Waals surface area contributed by atoms with Crippen molar-refractivity contribution in [2.45, 2.75) is 45.4 Å². The zero-order valence-corrected chi connectivity index (χ0v) is 11.9. The monoisotopic (exact) mass is 271 g/mol. The van der Waals surface area contributed by atoms with Crippen molar-refractivity contribution in [3.05, 3.63) is 35.0 Å².